The first-order chi connectivity index (χ1) is 10.6. The van der Waals surface area contributed by atoms with E-state index in [-0.39, 0.29) is 6.03 Å². The molecule has 3 rings (SSSR count). The zero-order chi connectivity index (χ0) is 15.5. The van der Waals surface area contributed by atoms with Gasteiger partial charge in [0.25, 0.3) is 0 Å². The normalized spacial score (nSPS) is 16.7. The Balaban J connectivity index is 1.84. The smallest absolute Gasteiger partial charge is 0.322 e. The second-order valence-electron chi connectivity index (χ2n) is 5.32. The Labute approximate surface area is 128 Å². The van der Waals surface area contributed by atoms with E-state index in [1.807, 2.05) is 42.5 Å². The van der Waals surface area contributed by atoms with Gasteiger partial charge in [-0.05, 0) is 23.3 Å². The predicted molar refractivity (Wildman–Crippen MR) is 84.1 cm³/mol. The van der Waals surface area contributed by atoms with Crippen molar-refractivity contribution in [3.8, 4) is 0 Å². The molecule has 0 aliphatic carbocycles. The van der Waals surface area contributed by atoms with Crippen molar-refractivity contribution >= 4 is 17.6 Å². The first kappa shape index (κ1) is 14.1. The molecule has 22 heavy (non-hydrogen) atoms. The van der Waals surface area contributed by atoms with Gasteiger partial charge in [-0.25, -0.2) is 4.79 Å². The number of primary amides is 1. The zero-order valence-corrected chi connectivity index (χ0v) is 12.0. The number of carbonyl (C=O) groups excluding carboxylic acids is 2. The minimum Gasteiger partial charge on any atom is -0.368 e. The van der Waals surface area contributed by atoms with Gasteiger partial charge in [-0.2, -0.15) is 0 Å². The number of carbonyl (C=O) groups is 2. The van der Waals surface area contributed by atoms with Crippen LogP contribution in [0.3, 0.4) is 0 Å². The maximum Gasteiger partial charge on any atom is 0.322 e. The Morgan fingerprint density at radius 2 is 1.64 bits per heavy atom. The molecule has 0 spiro atoms. The third kappa shape index (κ3) is 2.79. The SMILES string of the molecule is NC(=O)[C@H]1Cc2ccccc2CN1C(=O)Nc1ccccc1. The monoisotopic (exact) mass is 295 g/mol. The lowest BCUT2D eigenvalue weighted by atomic mass is 9.94. The highest BCUT2D eigenvalue weighted by molar-refractivity contribution is 5.93. The summed E-state index contributed by atoms with van der Waals surface area (Å²) in [5.74, 6) is -0.488. The summed E-state index contributed by atoms with van der Waals surface area (Å²) in [6.07, 6.45) is 0.452. The van der Waals surface area contributed by atoms with Gasteiger partial charge in [0, 0.05) is 18.7 Å². The number of rotatable bonds is 2. The molecule has 112 valence electrons. The molecular weight excluding hydrogens is 278 g/mol. The van der Waals surface area contributed by atoms with Gasteiger partial charge in [-0.3, -0.25) is 4.79 Å². The van der Waals surface area contributed by atoms with E-state index in [1.165, 1.54) is 4.90 Å². The largest absolute Gasteiger partial charge is 0.368 e. The number of nitrogens with two attached hydrogens (primary N) is 1. The molecular formula is C17H17N3O2. The van der Waals surface area contributed by atoms with E-state index >= 15 is 0 Å². The molecule has 0 aromatic heterocycles. The summed E-state index contributed by atoms with van der Waals surface area (Å²) in [6.45, 7) is 0.377. The van der Waals surface area contributed by atoms with Gasteiger partial charge in [-0.15, -0.1) is 0 Å². The van der Waals surface area contributed by atoms with E-state index in [1.54, 1.807) is 12.1 Å². The lowest BCUT2D eigenvalue weighted by molar-refractivity contribution is -0.122. The van der Waals surface area contributed by atoms with Gasteiger partial charge in [0.1, 0.15) is 6.04 Å². The minimum absolute atomic E-state index is 0.315. The Morgan fingerprint density at radius 3 is 2.32 bits per heavy atom. The fourth-order valence-electron chi connectivity index (χ4n) is 2.71. The van der Waals surface area contributed by atoms with E-state index in [2.05, 4.69) is 5.32 Å². The van der Waals surface area contributed by atoms with Gasteiger partial charge in [0.2, 0.25) is 5.91 Å². The van der Waals surface area contributed by atoms with Crippen molar-refractivity contribution in [2.24, 2.45) is 5.73 Å². The number of nitrogens with one attached hydrogen (secondary N) is 1. The summed E-state index contributed by atoms with van der Waals surface area (Å²) in [4.78, 5) is 25.7. The first-order valence-corrected chi connectivity index (χ1v) is 7.14. The minimum atomic E-state index is -0.626. The van der Waals surface area contributed by atoms with Crippen molar-refractivity contribution in [1.29, 1.82) is 0 Å². The molecule has 2 aromatic rings. The summed E-state index contributed by atoms with van der Waals surface area (Å²) in [5.41, 5.74) is 8.28. The number of nitrogens with zero attached hydrogens (tertiary/aromatic N) is 1. The van der Waals surface area contributed by atoms with E-state index < -0.39 is 11.9 Å². The van der Waals surface area contributed by atoms with Crippen LogP contribution in [0.1, 0.15) is 11.1 Å². The fourth-order valence-corrected chi connectivity index (χ4v) is 2.71. The highest BCUT2D eigenvalue weighted by Gasteiger charge is 2.33. The summed E-state index contributed by atoms with van der Waals surface area (Å²) < 4.78 is 0. The van der Waals surface area contributed by atoms with Crippen LogP contribution < -0.4 is 11.1 Å². The van der Waals surface area contributed by atoms with E-state index in [9.17, 15) is 9.59 Å². The molecule has 5 nitrogen and oxygen atoms in total. The second-order valence-corrected chi connectivity index (χ2v) is 5.32. The number of amides is 3. The maximum absolute atomic E-state index is 12.5. The van der Waals surface area contributed by atoms with Gasteiger partial charge < -0.3 is 16.0 Å². The van der Waals surface area contributed by atoms with Gasteiger partial charge in [-0.1, -0.05) is 42.5 Å². The summed E-state index contributed by atoms with van der Waals surface area (Å²) in [7, 11) is 0. The molecule has 1 atom stereocenters. The molecule has 1 aliphatic rings. The van der Waals surface area contributed by atoms with Crippen LogP contribution in [0, 0.1) is 0 Å². The zero-order valence-electron chi connectivity index (χ0n) is 12.0. The molecule has 3 amide bonds. The predicted octanol–water partition coefficient (Wildman–Crippen LogP) is 2.13. The van der Waals surface area contributed by atoms with Gasteiger partial charge in [0.15, 0.2) is 0 Å². The highest BCUT2D eigenvalue weighted by Crippen LogP contribution is 2.24. The van der Waals surface area contributed by atoms with Crippen molar-refractivity contribution in [3.05, 3.63) is 65.7 Å². The third-order valence-electron chi connectivity index (χ3n) is 3.86. The summed E-state index contributed by atoms with van der Waals surface area (Å²) in [5, 5.41) is 2.81. The van der Waals surface area contributed by atoms with Crippen molar-refractivity contribution in [3.63, 3.8) is 0 Å². The van der Waals surface area contributed by atoms with Crippen LogP contribution in [0.5, 0.6) is 0 Å². The molecule has 5 heteroatoms. The Morgan fingerprint density at radius 1 is 1.00 bits per heavy atom. The molecule has 0 fully saturated rings. The molecule has 1 heterocycles. The van der Waals surface area contributed by atoms with Crippen LogP contribution in [0.2, 0.25) is 0 Å². The third-order valence-corrected chi connectivity index (χ3v) is 3.86. The Hall–Kier alpha value is -2.82. The van der Waals surface area contributed by atoms with Crippen LogP contribution in [0.15, 0.2) is 54.6 Å². The van der Waals surface area contributed by atoms with Crippen LogP contribution in [-0.2, 0) is 17.8 Å². The molecule has 1 aliphatic heterocycles. The number of hydrogen-bond donors (Lipinski definition) is 2. The van der Waals surface area contributed by atoms with Crippen molar-refractivity contribution < 1.29 is 9.59 Å². The molecule has 0 bridgehead atoms. The van der Waals surface area contributed by atoms with E-state index in [0.717, 1.165) is 11.1 Å². The van der Waals surface area contributed by atoms with Crippen LogP contribution in [0.4, 0.5) is 10.5 Å². The number of fused-ring (bicyclic) bond motifs is 1. The number of para-hydroxylation sites is 1. The van der Waals surface area contributed by atoms with Gasteiger partial charge in [0.05, 0.1) is 0 Å². The molecule has 0 radical (unpaired) electrons. The molecule has 0 saturated carbocycles. The molecule has 0 saturated heterocycles. The quantitative estimate of drug-likeness (QED) is 0.890. The van der Waals surface area contributed by atoms with Crippen LogP contribution in [-0.4, -0.2) is 22.9 Å². The fraction of sp³-hybridized carbons (Fsp3) is 0.176. The lowest BCUT2D eigenvalue weighted by Crippen LogP contribution is -2.52. The summed E-state index contributed by atoms with van der Waals surface area (Å²) >= 11 is 0. The highest BCUT2D eigenvalue weighted by atomic mass is 16.2. The van der Waals surface area contributed by atoms with Crippen molar-refractivity contribution in [1.82, 2.24) is 4.90 Å². The van der Waals surface area contributed by atoms with E-state index in [0.29, 0.717) is 18.7 Å². The molecule has 2 aromatic carbocycles. The lowest BCUT2D eigenvalue weighted by Gasteiger charge is -2.35. The number of anilines is 1. The Bertz CT molecular complexity index is 700. The molecule has 3 N–H and O–H groups in total. The second kappa shape index (κ2) is 5.89. The van der Waals surface area contributed by atoms with Crippen molar-refractivity contribution in [2.75, 3.05) is 5.32 Å². The average molecular weight is 295 g/mol. The maximum atomic E-state index is 12.5. The summed E-state index contributed by atoms with van der Waals surface area (Å²) in [6, 6.07) is 16.0. The van der Waals surface area contributed by atoms with E-state index in [4.69, 9.17) is 5.73 Å². The topological polar surface area (TPSA) is 75.4 Å². The Kier molecular flexibility index (Phi) is 3.78. The van der Waals surface area contributed by atoms with Crippen LogP contribution in [0.25, 0.3) is 0 Å². The van der Waals surface area contributed by atoms with Crippen molar-refractivity contribution in [2.45, 2.75) is 19.0 Å². The number of benzene rings is 2. The number of hydrogen-bond acceptors (Lipinski definition) is 2. The van der Waals surface area contributed by atoms with Gasteiger partial charge >= 0.3 is 6.03 Å². The van der Waals surface area contributed by atoms with Crippen LogP contribution >= 0.6 is 0 Å². The first-order valence-electron chi connectivity index (χ1n) is 7.14. The molecule has 0 unspecified atom stereocenters. The standard InChI is InChI=1S/C17H17N3O2/c18-16(21)15-10-12-6-4-5-7-13(12)11-20(15)17(22)19-14-8-2-1-3-9-14/h1-9,15H,10-11H2,(H2,18,21)(H,19,22)/t15-/m1/s1. The average Bonchev–Trinajstić information content (AvgIpc) is 2.54. The number of urea groups is 1.